The van der Waals surface area contributed by atoms with Crippen molar-refractivity contribution in [3.8, 4) is 0 Å². The van der Waals surface area contributed by atoms with Crippen molar-refractivity contribution in [2.24, 2.45) is 0 Å². The third-order valence-electron chi connectivity index (χ3n) is 6.31. The molecule has 1 fully saturated rings. The number of halogens is 2. The molecule has 4 rings (SSSR count). The molecule has 1 aliphatic heterocycles. The number of nitrogens with one attached hydrogen (secondary N) is 3. The third kappa shape index (κ3) is 6.66. The molecule has 1 aliphatic rings. The molecule has 1 saturated heterocycles. The maximum atomic E-state index is 15.1. The van der Waals surface area contributed by atoms with E-state index in [1.165, 1.54) is 6.20 Å². The van der Waals surface area contributed by atoms with Crippen molar-refractivity contribution in [1.29, 1.82) is 0 Å². The second kappa shape index (κ2) is 11.4. The normalized spacial score (nSPS) is 14.8. The predicted molar refractivity (Wildman–Crippen MR) is 146 cm³/mol. The molecular formula is C26H32F2N6O5S. The molecule has 40 heavy (non-hydrogen) atoms. The van der Waals surface area contributed by atoms with Gasteiger partial charge in [0.15, 0.2) is 11.5 Å². The molecule has 3 N–H and O–H groups in total. The SMILES string of the molecule is CCCS(=O)(=O)Nc1ccc(F)c(C(=O)Nc2cnc3n[nH]c(C4CCN(C(=O)OC(C)(C)C)CC4)c3c2)c1F. The second-order valence-electron chi connectivity index (χ2n) is 10.6. The molecule has 2 aromatic heterocycles. The van der Waals surface area contributed by atoms with E-state index in [1.807, 2.05) is 20.8 Å². The van der Waals surface area contributed by atoms with Crippen LogP contribution in [0.2, 0.25) is 0 Å². The van der Waals surface area contributed by atoms with Crippen LogP contribution < -0.4 is 10.0 Å². The molecule has 0 atom stereocenters. The van der Waals surface area contributed by atoms with Gasteiger partial charge in [0, 0.05) is 30.1 Å². The third-order valence-corrected chi connectivity index (χ3v) is 7.78. The lowest BCUT2D eigenvalue weighted by atomic mass is 9.92. The van der Waals surface area contributed by atoms with Gasteiger partial charge in [-0.15, -0.1) is 0 Å². The molecule has 0 saturated carbocycles. The molecule has 14 heteroatoms. The first-order chi connectivity index (χ1) is 18.8. The zero-order chi connectivity index (χ0) is 29.2. The standard InChI is InChI=1S/C26H32F2N6O5S/c1-5-12-40(37,38)33-19-7-6-18(27)20(21(19)28)24(35)30-16-13-17-22(31-32-23(17)29-14-16)15-8-10-34(11-9-15)25(36)39-26(2,3)4/h6-7,13-15,33H,5,8-12H2,1-4H3,(H,30,35)(H,29,31,32). The Labute approximate surface area is 230 Å². The van der Waals surface area contributed by atoms with E-state index < -0.39 is 44.4 Å². The van der Waals surface area contributed by atoms with Gasteiger partial charge >= 0.3 is 6.09 Å². The average Bonchev–Trinajstić information content (AvgIpc) is 3.28. The van der Waals surface area contributed by atoms with Gasteiger partial charge in [-0.1, -0.05) is 6.92 Å². The smallest absolute Gasteiger partial charge is 0.410 e. The summed E-state index contributed by atoms with van der Waals surface area (Å²) in [7, 11) is -3.86. The van der Waals surface area contributed by atoms with Crippen molar-refractivity contribution in [2.45, 2.75) is 58.5 Å². The largest absolute Gasteiger partial charge is 0.444 e. The highest BCUT2D eigenvalue weighted by molar-refractivity contribution is 7.92. The van der Waals surface area contributed by atoms with E-state index >= 15 is 4.39 Å². The number of hydrogen-bond acceptors (Lipinski definition) is 7. The first kappa shape index (κ1) is 29.2. The predicted octanol–water partition coefficient (Wildman–Crippen LogP) is 4.75. The maximum absolute atomic E-state index is 15.1. The highest BCUT2D eigenvalue weighted by Gasteiger charge is 2.29. The number of hydrogen-bond donors (Lipinski definition) is 3. The quantitative estimate of drug-likeness (QED) is 0.367. The number of carbonyl (C=O) groups excluding carboxylic acids is 2. The number of sulfonamides is 1. The fraction of sp³-hybridized carbons (Fsp3) is 0.462. The van der Waals surface area contributed by atoms with Crippen LogP contribution in [0.5, 0.6) is 0 Å². The summed E-state index contributed by atoms with van der Waals surface area (Å²) in [6, 6.07) is 3.35. The Morgan fingerprint density at radius 2 is 1.90 bits per heavy atom. The van der Waals surface area contributed by atoms with Crippen LogP contribution in [0.25, 0.3) is 11.0 Å². The van der Waals surface area contributed by atoms with Crippen LogP contribution in [-0.2, 0) is 14.8 Å². The number of amides is 2. The molecule has 0 unspecified atom stereocenters. The van der Waals surface area contributed by atoms with E-state index in [2.05, 4.69) is 25.2 Å². The number of carbonyl (C=O) groups is 2. The number of aromatic amines is 1. The summed E-state index contributed by atoms with van der Waals surface area (Å²) in [5, 5.41) is 10.3. The van der Waals surface area contributed by atoms with E-state index in [1.54, 1.807) is 17.9 Å². The molecular weight excluding hydrogens is 546 g/mol. The molecule has 0 spiro atoms. The number of fused-ring (bicyclic) bond motifs is 1. The second-order valence-corrected chi connectivity index (χ2v) is 12.5. The van der Waals surface area contributed by atoms with Crippen molar-refractivity contribution in [1.82, 2.24) is 20.1 Å². The minimum Gasteiger partial charge on any atom is -0.444 e. The lowest BCUT2D eigenvalue weighted by Gasteiger charge is -2.33. The van der Waals surface area contributed by atoms with Crippen LogP contribution in [0.4, 0.5) is 25.0 Å². The molecule has 1 aromatic carbocycles. The van der Waals surface area contributed by atoms with Gasteiger partial charge in [-0.05, 0) is 58.2 Å². The Bertz CT molecular complexity index is 1530. The van der Waals surface area contributed by atoms with Crippen LogP contribution in [0, 0.1) is 11.6 Å². The first-order valence-corrected chi connectivity index (χ1v) is 14.5. The van der Waals surface area contributed by atoms with Crippen LogP contribution in [0.1, 0.15) is 68.9 Å². The van der Waals surface area contributed by atoms with Crippen molar-refractivity contribution < 1.29 is 31.5 Å². The van der Waals surface area contributed by atoms with Crippen molar-refractivity contribution in [2.75, 3.05) is 28.9 Å². The van der Waals surface area contributed by atoms with Gasteiger partial charge in [0.2, 0.25) is 10.0 Å². The van der Waals surface area contributed by atoms with Gasteiger partial charge in [0.05, 0.1) is 23.3 Å². The number of likely N-dealkylation sites (tertiary alicyclic amines) is 1. The molecule has 3 aromatic rings. The summed E-state index contributed by atoms with van der Waals surface area (Å²) in [6.07, 6.45) is 2.52. The van der Waals surface area contributed by atoms with Gasteiger partial charge in [-0.2, -0.15) is 5.10 Å². The van der Waals surface area contributed by atoms with E-state index in [9.17, 15) is 22.4 Å². The van der Waals surface area contributed by atoms with Gasteiger partial charge in [0.1, 0.15) is 17.0 Å². The van der Waals surface area contributed by atoms with Gasteiger partial charge in [-0.3, -0.25) is 14.6 Å². The monoisotopic (exact) mass is 578 g/mol. The van der Waals surface area contributed by atoms with E-state index in [0.717, 1.165) is 17.8 Å². The number of H-pyrrole nitrogens is 1. The summed E-state index contributed by atoms with van der Waals surface area (Å²) in [6.45, 7) is 8.05. The lowest BCUT2D eigenvalue weighted by Crippen LogP contribution is -2.41. The number of ether oxygens (including phenoxy) is 1. The average molecular weight is 579 g/mol. The number of benzene rings is 1. The minimum absolute atomic E-state index is 0.0270. The number of piperidine rings is 1. The number of pyridine rings is 1. The summed E-state index contributed by atoms with van der Waals surface area (Å²) >= 11 is 0. The Kier molecular flexibility index (Phi) is 8.28. The fourth-order valence-corrected chi connectivity index (χ4v) is 5.63. The van der Waals surface area contributed by atoms with E-state index in [4.69, 9.17) is 4.74 Å². The van der Waals surface area contributed by atoms with Gasteiger partial charge in [-0.25, -0.2) is 27.0 Å². The number of nitrogens with zero attached hydrogens (tertiary/aromatic N) is 3. The highest BCUT2D eigenvalue weighted by atomic mass is 32.2. The van der Waals surface area contributed by atoms with Crippen molar-refractivity contribution in [3.63, 3.8) is 0 Å². The van der Waals surface area contributed by atoms with Crippen molar-refractivity contribution in [3.05, 3.63) is 47.3 Å². The summed E-state index contributed by atoms with van der Waals surface area (Å²) in [5.74, 6) is -3.82. The Morgan fingerprint density at radius 1 is 1.20 bits per heavy atom. The van der Waals surface area contributed by atoms with E-state index in [0.29, 0.717) is 43.4 Å². The molecule has 2 amide bonds. The molecule has 0 bridgehead atoms. The Morgan fingerprint density at radius 3 is 2.55 bits per heavy atom. The maximum Gasteiger partial charge on any atom is 0.410 e. The number of aromatic nitrogens is 3. The minimum atomic E-state index is -3.86. The fourth-order valence-electron chi connectivity index (χ4n) is 4.50. The lowest BCUT2D eigenvalue weighted by molar-refractivity contribution is 0.0204. The van der Waals surface area contributed by atoms with Crippen LogP contribution in [-0.4, -0.2) is 64.9 Å². The Balaban J connectivity index is 1.51. The zero-order valence-corrected chi connectivity index (χ0v) is 23.5. The van der Waals surface area contributed by atoms with E-state index in [-0.39, 0.29) is 23.5 Å². The topological polar surface area (TPSA) is 146 Å². The molecule has 3 heterocycles. The Hall–Kier alpha value is -3.81. The van der Waals surface area contributed by atoms with Gasteiger partial charge in [0.25, 0.3) is 5.91 Å². The van der Waals surface area contributed by atoms with Crippen LogP contribution in [0.15, 0.2) is 24.4 Å². The molecule has 216 valence electrons. The molecule has 11 nitrogen and oxygen atoms in total. The van der Waals surface area contributed by atoms with Crippen molar-refractivity contribution >= 4 is 44.4 Å². The van der Waals surface area contributed by atoms with Crippen LogP contribution >= 0.6 is 0 Å². The molecule has 0 radical (unpaired) electrons. The van der Waals surface area contributed by atoms with Crippen LogP contribution in [0.3, 0.4) is 0 Å². The first-order valence-electron chi connectivity index (χ1n) is 12.9. The molecule has 0 aliphatic carbocycles. The highest BCUT2D eigenvalue weighted by Crippen LogP contribution is 2.33. The summed E-state index contributed by atoms with van der Waals surface area (Å²) in [4.78, 5) is 31.2. The summed E-state index contributed by atoms with van der Waals surface area (Å²) in [5.41, 5.74) is -0.708. The summed E-state index contributed by atoms with van der Waals surface area (Å²) < 4.78 is 61.2. The number of anilines is 2. The zero-order valence-electron chi connectivity index (χ0n) is 22.7. The number of rotatable bonds is 7. The van der Waals surface area contributed by atoms with Gasteiger partial charge < -0.3 is 15.0 Å².